The number of hydrogen-bond acceptors (Lipinski definition) is 5. The van der Waals surface area contributed by atoms with E-state index in [1.54, 1.807) is 18.2 Å². The van der Waals surface area contributed by atoms with Crippen molar-refractivity contribution < 1.29 is 23.2 Å². The average Bonchev–Trinajstić information content (AvgIpc) is 2.84. The van der Waals surface area contributed by atoms with Gasteiger partial charge in [-0.05, 0) is 31.5 Å². The number of benzene rings is 1. The number of ether oxygens (including phenoxy) is 1. The van der Waals surface area contributed by atoms with E-state index in [4.69, 9.17) is 4.74 Å². The number of amides is 1. The number of methoxy groups -OCH3 is 1. The Hall–Kier alpha value is -3.04. The molecular weight excluding hydrogens is 338 g/mol. The topological polar surface area (TPSA) is 99.3 Å². The Morgan fingerprint density at radius 1 is 1.44 bits per heavy atom. The van der Waals surface area contributed by atoms with Crippen molar-refractivity contribution in [2.45, 2.75) is 26.8 Å². The molecule has 2 aromatic rings. The molecule has 0 spiro atoms. The molecule has 0 fully saturated rings. The molecule has 8 nitrogen and oxygen atoms in total. The Balaban J connectivity index is 2.26. The fourth-order valence-corrected chi connectivity index (χ4v) is 2.33. The van der Waals surface area contributed by atoms with Gasteiger partial charge in [0.25, 0.3) is 6.43 Å². The van der Waals surface area contributed by atoms with Crippen LogP contribution >= 0.6 is 0 Å². The molecule has 1 heterocycles. The largest absolute Gasteiger partial charge is 0.495 e. The number of halogens is 2. The first kappa shape index (κ1) is 18.3. The van der Waals surface area contributed by atoms with Crippen LogP contribution < -0.4 is 10.1 Å². The molecule has 0 bridgehead atoms. The standard InChI is InChI=1S/C15H16F2N4O4/c1-8-4-5-11(25-3)10(6-8)18-12(22)7-20-9(2)14(21(23)24)13(19-20)15(16)17/h4-6,15H,7H2,1-3H3,(H,18,22). The van der Waals surface area contributed by atoms with Crippen LogP contribution in [0.25, 0.3) is 0 Å². The molecule has 0 unspecified atom stereocenters. The summed E-state index contributed by atoms with van der Waals surface area (Å²) < 4.78 is 31.8. The van der Waals surface area contributed by atoms with Gasteiger partial charge in [-0.2, -0.15) is 5.10 Å². The van der Waals surface area contributed by atoms with Crippen molar-refractivity contribution >= 4 is 17.3 Å². The van der Waals surface area contributed by atoms with Gasteiger partial charge in [0.05, 0.1) is 17.7 Å². The van der Waals surface area contributed by atoms with Gasteiger partial charge in [0, 0.05) is 0 Å². The minimum Gasteiger partial charge on any atom is -0.495 e. The van der Waals surface area contributed by atoms with Gasteiger partial charge in [0.15, 0.2) is 0 Å². The molecule has 0 radical (unpaired) electrons. The third kappa shape index (κ3) is 3.90. The summed E-state index contributed by atoms with van der Waals surface area (Å²) >= 11 is 0. The number of nitrogens with one attached hydrogen (secondary N) is 1. The summed E-state index contributed by atoms with van der Waals surface area (Å²) in [5, 5.41) is 17.0. The molecule has 0 saturated heterocycles. The summed E-state index contributed by atoms with van der Waals surface area (Å²) in [6.07, 6.45) is -3.11. The summed E-state index contributed by atoms with van der Waals surface area (Å²) in [7, 11) is 1.44. The quantitative estimate of drug-likeness (QED) is 0.635. The number of carbonyl (C=O) groups excluding carboxylic acids is 1. The molecule has 1 aromatic carbocycles. The van der Waals surface area contributed by atoms with Crippen molar-refractivity contribution in [1.29, 1.82) is 0 Å². The van der Waals surface area contributed by atoms with Crippen LogP contribution in [0.4, 0.5) is 20.2 Å². The van der Waals surface area contributed by atoms with E-state index in [-0.39, 0.29) is 5.69 Å². The summed E-state index contributed by atoms with van der Waals surface area (Å²) in [6.45, 7) is 2.64. The van der Waals surface area contributed by atoms with Gasteiger partial charge in [-0.15, -0.1) is 0 Å². The molecule has 10 heteroatoms. The second kappa shape index (κ2) is 7.24. The molecule has 25 heavy (non-hydrogen) atoms. The predicted octanol–water partition coefficient (Wildman–Crippen LogP) is 2.99. The van der Waals surface area contributed by atoms with Crippen molar-refractivity contribution in [1.82, 2.24) is 9.78 Å². The maximum absolute atomic E-state index is 12.9. The Labute approximate surface area is 141 Å². The lowest BCUT2D eigenvalue weighted by molar-refractivity contribution is -0.386. The first-order valence-corrected chi connectivity index (χ1v) is 7.19. The number of nitrogens with zero attached hydrogens (tertiary/aromatic N) is 3. The number of nitro groups is 1. The van der Waals surface area contributed by atoms with Crippen LogP contribution in [0.3, 0.4) is 0 Å². The third-order valence-corrected chi connectivity index (χ3v) is 3.51. The van der Waals surface area contributed by atoms with Gasteiger partial charge in [0.1, 0.15) is 18.0 Å². The van der Waals surface area contributed by atoms with E-state index in [0.717, 1.165) is 10.2 Å². The van der Waals surface area contributed by atoms with Crippen LogP contribution in [0.15, 0.2) is 18.2 Å². The second-order valence-corrected chi connectivity index (χ2v) is 5.29. The third-order valence-electron chi connectivity index (χ3n) is 3.51. The lowest BCUT2D eigenvalue weighted by Gasteiger charge is -2.11. The first-order chi connectivity index (χ1) is 11.7. The number of aryl methyl sites for hydroxylation is 1. The van der Waals surface area contributed by atoms with Crippen LogP contribution in [-0.4, -0.2) is 27.7 Å². The Morgan fingerprint density at radius 3 is 2.64 bits per heavy atom. The van der Waals surface area contributed by atoms with Gasteiger partial charge in [0.2, 0.25) is 11.6 Å². The minimum atomic E-state index is -3.11. The van der Waals surface area contributed by atoms with Gasteiger partial charge in [-0.1, -0.05) is 6.07 Å². The van der Waals surface area contributed by atoms with Gasteiger partial charge < -0.3 is 10.1 Å². The fraction of sp³-hybridized carbons (Fsp3) is 0.333. The van der Waals surface area contributed by atoms with E-state index >= 15 is 0 Å². The van der Waals surface area contributed by atoms with E-state index < -0.39 is 35.2 Å². The van der Waals surface area contributed by atoms with E-state index in [2.05, 4.69) is 10.4 Å². The average molecular weight is 354 g/mol. The Morgan fingerprint density at radius 2 is 2.12 bits per heavy atom. The summed E-state index contributed by atoms with van der Waals surface area (Å²) in [5.41, 5.74) is -0.575. The summed E-state index contributed by atoms with van der Waals surface area (Å²) in [6, 6.07) is 5.15. The molecule has 0 atom stereocenters. The van der Waals surface area contributed by atoms with E-state index in [1.165, 1.54) is 14.0 Å². The van der Waals surface area contributed by atoms with Crippen molar-refractivity contribution in [2.75, 3.05) is 12.4 Å². The molecule has 0 aliphatic carbocycles. The SMILES string of the molecule is COc1ccc(C)cc1NC(=O)Cn1nc(C(F)F)c([N+](=O)[O-])c1C. The van der Waals surface area contributed by atoms with Crippen LogP contribution in [-0.2, 0) is 11.3 Å². The lowest BCUT2D eigenvalue weighted by Crippen LogP contribution is -2.20. The zero-order chi connectivity index (χ0) is 18.7. The summed E-state index contributed by atoms with van der Waals surface area (Å²) in [5.74, 6) is -0.152. The van der Waals surface area contributed by atoms with E-state index in [0.29, 0.717) is 11.4 Å². The highest BCUT2D eigenvalue weighted by Crippen LogP contribution is 2.31. The van der Waals surface area contributed by atoms with Crippen LogP contribution in [0.1, 0.15) is 23.4 Å². The van der Waals surface area contributed by atoms with Gasteiger partial charge in [-0.25, -0.2) is 8.78 Å². The number of alkyl halides is 2. The lowest BCUT2D eigenvalue weighted by atomic mass is 10.2. The van der Waals surface area contributed by atoms with Gasteiger partial charge in [-0.3, -0.25) is 19.6 Å². The van der Waals surface area contributed by atoms with Crippen molar-refractivity contribution in [3.8, 4) is 5.75 Å². The number of anilines is 1. The monoisotopic (exact) mass is 354 g/mol. The van der Waals surface area contributed by atoms with Crippen LogP contribution in [0.5, 0.6) is 5.75 Å². The van der Waals surface area contributed by atoms with Crippen LogP contribution in [0, 0.1) is 24.0 Å². The molecule has 1 N–H and O–H groups in total. The van der Waals surface area contributed by atoms with E-state index in [1.807, 2.05) is 6.92 Å². The molecular formula is C15H16F2N4O4. The summed E-state index contributed by atoms with van der Waals surface area (Å²) in [4.78, 5) is 22.2. The maximum atomic E-state index is 12.9. The predicted molar refractivity (Wildman–Crippen MR) is 84.9 cm³/mol. The molecule has 1 amide bonds. The Bertz CT molecular complexity index is 820. The highest BCUT2D eigenvalue weighted by atomic mass is 19.3. The normalized spacial score (nSPS) is 10.8. The first-order valence-electron chi connectivity index (χ1n) is 7.19. The fourth-order valence-electron chi connectivity index (χ4n) is 2.33. The van der Waals surface area contributed by atoms with Crippen molar-refractivity contribution in [3.63, 3.8) is 0 Å². The number of hydrogen-bond donors (Lipinski definition) is 1. The number of rotatable bonds is 6. The highest BCUT2D eigenvalue weighted by Gasteiger charge is 2.31. The second-order valence-electron chi connectivity index (χ2n) is 5.29. The Kier molecular flexibility index (Phi) is 5.30. The van der Waals surface area contributed by atoms with Gasteiger partial charge >= 0.3 is 5.69 Å². The zero-order valence-electron chi connectivity index (χ0n) is 13.7. The molecule has 2 rings (SSSR count). The maximum Gasteiger partial charge on any atom is 0.319 e. The minimum absolute atomic E-state index is 0.119. The molecule has 0 aliphatic rings. The molecule has 1 aromatic heterocycles. The molecule has 134 valence electrons. The van der Waals surface area contributed by atoms with E-state index in [9.17, 15) is 23.7 Å². The van der Waals surface area contributed by atoms with Crippen molar-refractivity contribution in [3.05, 3.63) is 45.3 Å². The zero-order valence-corrected chi connectivity index (χ0v) is 13.7. The van der Waals surface area contributed by atoms with Crippen LogP contribution in [0.2, 0.25) is 0 Å². The smallest absolute Gasteiger partial charge is 0.319 e. The molecule has 0 aliphatic heterocycles. The highest BCUT2D eigenvalue weighted by molar-refractivity contribution is 5.92. The molecule has 0 saturated carbocycles. The van der Waals surface area contributed by atoms with Crippen molar-refractivity contribution in [2.24, 2.45) is 0 Å². The number of aromatic nitrogens is 2. The number of carbonyl (C=O) groups is 1.